The lowest BCUT2D eigenvalue weighted by Gasteiger charge is -2.37. The molecule has 0 aromatic carbocycles. The van der Waals surface area contributed by atoms with Gasteiger partial charge in [0.2, 0.25) is 11.9 Å². The Kier molecular flexibility index (Phi) is 3.60. The Morgan fingerprint density at radius 1 is 1.25 bits per heavy atom. The molecule has 2 unspecified atom stereocenters. The molecule has 20 heavy (non-hydrogen) atoms. The number of methoxy groups -OCH3 is 1. The van der Waals surface area contributed by atoms with Crippen LogP contribution >= 0.6 is 0 Å². The van der Waals surface area contributed by atoms with E-state index in [2.05, 4.69) is 25.2 Å². The highest BCUT2D eigenvalue weighted by atomic mass is 16.5. The van der Waals surface area contributed by atoms with Crippen molar-refractivity contribution in [2.45, 2.75) is 50.8 Å². The summed E-state index contributed by atoms with van der Waals surface area (Å²) in [5.74, 6) is 1.20. The van der Waals surface area contributed by atoms with Crippen molar-refractivity contribution in [1.29, 1.82) is 0 Å². The Bertz CT molecular complexity index is 470. The molecule has 2 aliphatic heterocycles. The maximum absolute atomic E-state index is 9.88. The second kappa shape index (κ2) is 5.40. The molecule has 0 saturated carbocycles. The first-order valence-electron chi connectivity index (χ1n) is 7.21. The van der Waals surface area contributed by atoms with Crippen LogP contribution in [0.3, 0.4) is 0 Å². The van der Waals surface area contributed by atoms with E-state index in [4.69, 9.17) is 4.74 Å². The van der Waals surface area contributed by atoms with Crippen LogP contribution in [-0.4, -0.2) is 51.9 Å². The van der Waals surface area contributed by atoms with Crippen LogP contribution in [0, 0.1) is 0 Å². The average Bonchev–Trinajstić information content (AvgIpc) is 2.71. The number of nitrogens with one attached hydrogen (secondary N) is 1. The molecule has 2 fully saturated rings. The fourth-order valence-electron chi connectivity index (χ4n) is 3.26. The minimum atomic E-state index is -0.194. The van der Waals surface area contributed by atoms with E-state index in [-0.39, 0.29) is 6.10 Å². The summed E-state index contributed by atoms with van der Waals surface area (Å²) in [4.78, 5) is 15.3. The smallest absolute Gasteiger partial charge is 0.322 e. The molecule has 2 atom stereocenters. The molecule has 0 radical (unpaired) electrons. The van der Waals surface area contributed by atoms with Crippen LogP contribution in [0.5, 0.6) is 6.01 Å². The van der Waals surface area contributed by atoms with Crippen molar-refractivity contribution < 1.29 is 9.84 Å². The molecule has 1 aromatic rings. The number of anilines is 2. The number of aliphatic hydroxyl groups is 1. The van der Waals surface area contributed by atoms with Crippen LogP contribution in [-0.2, 0) is 0 Å². The molecule has 0 spiro atoms. The predicted octanol–water partition coefficient (Wildman–Crippen LogP) is 0.804. The third kappa shape index (κ3) is 2.37. The molecular weight excluding hydrogens is 258 g/mol. The topological polar surface area (TPSA) is 83.4 Å². The Morgan fingerprint density at radius 3 is 2.55 bits per heavy atom. The fraction of sp³-hybridized carbons (Fsp3) is 0.769. The van der Waals surface area contributed by atoms with Crippen molar-refractivity contribution in [2.24, 2.45) is 0 Å². The number of ether oxygens (including phenoxy) is 1. The van der Waals surface area contributed by atoms with Gasteiger partial charge in [0.05, 0.1) is 13.2 Å². The lowest BCUT2D eigenvalue weighted by molar-refractivity contribution is 0.125. The van der Waals surface area contributed by atoms with Crippen LogP contribution in [0.25, 0.3) is 0 Å². The highest BCUT2D eigenvalue weighted by molar-refractivity contribution is 5.42. The SMILES string of the molecule is CCNc1nc(OC)nc(N2C3CCC2CC(O)C3)n1. The number of piperidine rings is 1. The van der Waals surface area contributed by atoms with Gasteiger partial charge >= 0.3 is 6.01 Å². The molecule has 2 N–H and O–H groups in total. The van der Waals surface area contributed by atoms with E-state index in [1.165, 1.54) is 0 Å². The molecule has 2 bridgehead atoms. The molecule has 2 saturated heterocycles. The minimum absolute atomic E-state index is 0.194. The van der Waals surface area contributed by atoms with E-state index in [9.17, 15) is 5.11 Å². The molecular formula is C13H21N5O2. The summed E-state index contributed by atoms with van der Waals surface area (Å²) >= 11 is 0. The van der Waals surface area contributed by atoms with Crippen LogP contribution in [0.15, 0.2) is 0 Å². The van der Waals surface area contributed by atoms with Gasteiger partial charge in [0, 0.05) is 18.6 Å². The van der Waals surface area contributed by atoms with Gasteiger partial charge in [-0.1, -0.05) is 0 Å². The summed E-state index contributed by atoms with van der Waals surface area (Å²) in [7, 11) is 1.56. The number of rotatable bonds is 4. The van der Waals surface area contributed by atoms with Gasteiger partial charge in [-0.25, -0.2) is 0 Å². The quantitative estimate of drug-likeness (QED) is 0.843. The number of hydrogen-bond donors (Lipinski definition) is 2. The van der Waals surface area contributed by atoms with Crippen LogP contribution in [0.4, 0.5) is 11.9 Å². The molecule has 110 valence electrons. The Morgan fingerprint density at radius 2 is 1.95 bits per heavy atom. The standard InChI is InChI=1S/C13H21N5O2/c1-3-14-11-15-12(17-13(16-11)20-2)18-8-4-5-9(18)7-10(19)6-8/h8-10,19H,3-7H2,1-2H3,(H,14,15,16,17). The van der Waals surface area contributed by atoms with Gasteiger partial charge in [-0.15, -0.1) is 0 Å². The molecule has 3 heterocycles. The maximum Gasteiger partial charge on any atom is 0.322 e. The van der Waals surface area contributed by atoms with E-state index in [0.717, 1.165) is 32.2 Å². The third-order valence-corrected chi connectivity index (χ3v) is 4.06. The van der Waals surface area contributed by atoms with Crippen molar-refractivity contribution >= 4 is 11.9 Å². The molecule has 3 rings (SSSR count). The van der Waals surface area contributed by atoms with Gasteiger partial charge in [-0.05, 0) is 32.6 Å². The Labute approximate surface area is 118 Å². The maximum atomic E-state index is 9.88. The lowest BCUT2D eigenvalue weighted by atomic mass is 10.0. The minimum Gasteiger partial charge on any atom is -0.467 e. The first kappa shape index (κ1) is 13.4. The zero-order valence-electron chi connectivity index (χ0n) is 11.9. The highest BCUT2D eigenvalue weighted by Gasteiger charge is 2.41. The number of hydrogen-bond acceptors (Lipinski definition) is 7. The fourth-order valence-corrected chi connectivity index (χ4v) is 3.26. The van der Waals surface area contributed by atoms with E-state index in [0.29, 0.717) is 30.0 Å². The summed E-state index contributed by atoms with van der Waals surface area (Å²) in [6.07, 6.45) is 3.57. The zero-order valence-corrected chi connectivity index (χ0v) is 11.9. The second-order valence-electron chi connectivity index (χ2n) is 5.39. The van der Waals surface area contributed by atoms with Gasteiger partial charge in [-0.3, -0.25) is 0 Å². The summed E-state index contributed by atoms with van der Waals surface area (Å²) in [5, 5.41) is 13.0. The lowest BCUT2D eigenvalue weighted by Crippen LogP contribution is -2.45. The van der Waals surface area contributed by atoms with E-state index in [1.54, 1.807) is 7.11 Å². The first-order chi connectivity index (χ1) is 9.71. The van der Waals surface area contributed by atoms with Crippen molar-refractivity contribution in [2.75, 3.05) is 23.9 Å². The third-order valence-electron chi connectivity index (χ3n) is 4.06. The highest BCUT2D eigenvalue weighted by Crippen LogP contribution is 2.38. The number of aromatic nitrogens is 3. The number of fused-ring (bicyclic) bond motifs is 2. The average molecular weight is 279 g/mol. The molecule has 7 heteroatoms. The largest absolute Gasteiger partial charge is 0.467 e. The molecule has 0 aliphatic carbocycles. The molecule has 2 aliphatic rings. The summed E-state index contributed by atoms with van der Waals surface area (Å²) < 4.78 is 5.17. The first-order valence-corrected chi connectivity index (χ1v) is 7.21. The summed E-state index contributed by atoms with van der Waals surface area (Å²) in [5.41, 5.74) is 0. The Hall–Kier alpha value is -1.63. The summed E-state index contributed by atoms with van der Waals surface area (Å²) in [6.45, 7) is 2.75. The molecule has 7 nitrogen and oxygen atoms in total. The van der Waals surface area contributed by atoms with Crippen molar-refractivity contribution in [3.05, 3.63) is 0 Å². The number of aliphatic hydroxyl groups excluding tert-OH is 1. The second-order valence-corrected chi connectivity index (χ2v) is 5.39. The summed E-state index contributed by atoms with van der Waals surface area (Å²) in [6, 6.07) is 0.979. The van der Waals surface area contributed by atoms with Crippen LogP contribution < -0.4 is 15.0 Å². The van der Waals surface area contributed by atoms with Crippen molar-refractivity contribution in [1.82, 2.24) is 15.0 Å². The van der Waals surface area contributed by atoms with Gasteiger partial charge < -0.3 is 20.1 Å². The number of nitrogens with zero attached hydrogens (tertiary/aromatic N) is 4. The molecule has 1 aromatic heterocycles. The predicted molar refractivity (Wildman–Crippen MR) is 75.1 cm³/mol. The Balaban J connectivity index is 1.91. The van der Waals surface area contributed by atoms with E-state index in [1.807, 2.05) is 6.92 Å². The van der Waals surface area contributed by atoms with Gasteiger partial charge in [-0.2, -0.15) is 15.0 Å². The van der Waals surface area contributed by atoms with E-state index >= 15 is 0 Å². The molecule has 0 amide bonds. The normalized spacial score (nSPS) is 28.6. The monoisotopic (exact) mass is 279 g/mol. The van der Waals surface area contributed by atoms with Crippen LogP contribution in [0.1, 0.15) is 32.6 Å². The van der Waals surface area contributed by atoms with Gasteiger partial charge in [0.15, 0.2) is 0 Å². The van der Waals surface area contributed by atoms with Gasteiger partial charge in [0.1, 0.15) is 0 Å². The zero-order chi connectivity index (χ0) is 14.1. The van der Waals surface area contributed by atoms with Gasteiger partial charge in [0.25, 0.3) is 0 Å². The van der Waals surface area contributed by atoms with E-state index < -0.39 is 0 Å². The van der Waals surface area contributed by atoms with Crippen LogP contribution in [0.2, 0.25) is 0 Å². The van der Waals surface area contributed by atoms with Crippen molar-refractivity contribution in [3.63, 3.8) is 0 Å². The van der Waals surface area contributed by atoms with Crippen molar-refractivity contribution in [3.8, 4) is 6.01 Å².